The molecule has 0 atom stereocenters. The van der Waals surface area contributed by atoms with Crippen molar-refractivity contribution in [3.05, 3.63) is 96.4 Å². The third-order valence-electron chi connectivity index (χ3n) is 4.89. The summed E-state index contributed by atoms with van der Waals surface area (Å²) in [6.45, 7) is 3.52. The molecule has 0 fully saturated rings. The smallest absolute Gasteiger partial charge is 0.284 e. The molecule has 169 valence electrons. The number of aromatic nitrogens is 1. The minimum atomic E-state index is -0.270. The first-order chi connectivity index (χ1) is 15.6. The number of aliphatic hydroxyl groups excluding tert-OH is 1. The molecular formula is C26H22IrN3O2S-. The largest absolute Gasteiger partial charge is 0.511 e. The Labute approximate surface area is 210 Å². The predicted molar refractivity (Wildman–Crippen MR) is 131 cm³/mol. The van der Waals surface area contributed by atoms with Crippen molar-refractivity contribution in [2.75, 3.05) is 5.01 Å². The van der Waals surface area contributed by atoms with Crippen molar-refractivity contribution in [1.29, 1.82) is 0 Å². The van der Waals surface area contributed by atoms with Gasteiger partial charge in [-0.2, -0.15) is 10.1 Å². The molecule has 0 spiro atoms. The van der Waals surface area contributed by atoms with Crippen LogP contribution in [-0.2, 0) is 24.9 Å². The molecule has 2 aromatic heterocycles. The zero-order valence-corrected chi connectivity index (χ0v) is 21.4. The van der Waals surface area contributed by atoms with Crippen LogP contribution >= 0.6 is 11.3 Å². The second-order valence-electron chi connectivity index (χ2n) is 7.08. The van der Waals surface area contributed by atoms with Gasteiger partial charge in [-0.1, -0.05) is 49.4 Å². The van der Waals surface area contributed by atoms with Crippen LogP contribution < -0.4 is 5.01 Å². The van der Waals surface area contributed by atoms with Gasteiger partial charge in [-0.15, -0.1) is 23.6 Å². The summed E-state index contributed by atoms with van der Waals surface area (Å²) >= 11 is 1.73. The standard InChI is InChI=1S/C13H14N2O2.C13H8NS.Ir/c1-3-11(16)12-9(2)14-15(13(12)17)10-7-5-4-6-8-10;1-2-7-12-10(5-1)9-13(15-12)11-6-3-4-8-14-11;/h4-8,16H,3H2,1-2H3;1-8H;/q;-1;/b12-11-;;. The molecule has 7 heteroatoms. The van der Waals surface area contributed by atoms with E-state index in [0.29, 0.717) is 23.4 Å². The van der Waals surface area contributed by atoms with Gasteiger partial charge in [0.2, 0.25) is 0 Å². The Kier molecular flexibility index (Phi) is 8.28. The summed E-state index contributed by atoms with van der Waals surface area (Å²) in [5.74, 6) is -0.178. The number of pyridine rings is 1. The number of carbonyl (C=O) groups is 1. The predicted octanol–water partition coefficient (Wildman–Crippen LogP) is 6.39. The maximum Gasteiger partial charge on any atom is 0.284 e. The normalized spacial score (nSPS) is 14.3. The van der Waals surface area contributed by atoms with Crippen molar-refractivity contribution in [3.8, 4) is 10.6 Å². The zero-order chi connectivity index (χ0) is 22.5. The number of hydrazone groups is 1. The van der Waals surface area contributed by atoms with Crippen LogP contribution in [0, 0.1) is 6.07 Å². The molecule has 5 nitrogen and oxygen atoms in total. The Bertz CT molecular complexity index is 1270. The fourth-order valence-corrected chi connectivity index (χ4v) is 4.27. The van der Waals surface area contributed by atoms with Gasteiger partial charge >= 0.3 is 0 Å². The van der Waals surface area contributed by atoms with Crippen molar-refractivity contribution in [3.63, 3.8) is 0 Å². The third kappa shape index (κ3) is 5.45. The van der Waals surface area contributed by atoms with Crippen molar-refractivity contribution in [2.45, 2.75) is 20.3 Å². The number of allylic oxidation sites excluding steroid dienone is 1. The van der Waals surface area contributed by atoms with E-state index in [9.17, 15) is 9.90 Å². The van der Waals surface area contributed by atoms with Gasteiger partial charge in [0.05, 0.1) is 11.4 Å². The first kappa shape index (κ1) is 24.5. The number of hydrogen-bond acceptors (Lipinski definition) is 5. The molecule has 1 N–H and O–H groups in total. The van der Waals surface area contributed by atoms with E-state index in [0.717, 1.165) is 10.6 Å². The molecule has 1 aliphatic heterocycles. The van der Waals surface area contributed by atoms with E-state index in [1.807, 2.05) is 48.7 Å². The fourth-order valence-electron chi connectivity index (χ4n) is 3.29. The van der Waals surface area contributed by atoms with Crippen LogP contribution in [0.3, 0.4) is 0 Å². The van der Waals surface area contributed by atoms with Crippen LogP contribution in [0.5, 0.6) is 0 Å². The zero-order valence-electron chi connectivity index (χ0n) is 18.2. The Hall–Kier alpha value is -3.12. The van der Waals surface area contributed by atoms with Crippen molar-refractivity contribution >= 4 is 38.7 Å². The maximum absolute atomic E-state index is 12.1. The average molecular weight is 633 g/mol. The molecule has 2 aromatic carbocycles. The Morgan fingerprint density at radius 3 is 2.39 bits per heavy atom. The summed E-state index contributed by atoms with van der Waals surface area (Å²) in [4.78, 5) is 17.5. The molecule has 4 aromatic rings. The molecule has 1 amide bonds. The second-order valence-corrected chi connectivity index (χ2v) is 8.13. The Balaban J connectivity index is 0.000000181. The molecule has 0 saturated carbocycles. The Morgan fingerprint density at radius 1 is 1.03 bits per heavy atom. The monoisotopic (exact) mass is 633 g/mol. The first-order valence-corrected chi connectivity index (χ1v) is 11.1. The summed E-state index contributed by atoms with van der Waals surface area (Å²) < 4.78 is 1.26. The average Bonchev–Trinajstić information content (AvgIpc) is 3.41. The van der Waals surface area contributed by atoms with Crippen LogP contribution in [0.4, 0.5) is 5.69 Å². The van der Waals surface area contributed by atoms with Gasteiger partial charge < -0.3 is 10.1 Å². The molecule has 0 aliphatic carbocycles. The fraction of sp³-hybridized carbons (Fsp3) is 0.115. The van der Waals surface area contributed by atoms with Gasteiger partial charge in [0.25, 0.3) is 5.91 Å². The van der Waals surface area contributed by atoms with E-state index >= 15 is 0 Å². The molecule has 0 unspecified atom stereocenters. The van der Waals surface area contributed by atoms with Crippen LogP contribution in [0.1, 0.15) is 20.3 Å². The molecule has 0 bridgehead atoms. The quantitative estimate of drug-likeness (QED) is 0.162. The van der Waals surface area contributed by atoms with Crippen molar-refractivity contribution in [1.82, 2.24) is 4.98 Å². The number of rotatable bonds is 3. The van der Waals surface area contributed by atoms with Crippen molar-refractivity contribution in [2.24, 2.45) is 5.10 Å². The van der Waals surface area contributed by atoms with E-state index in [-0.39, 0.29) is 31.8 Å². The number of para-hydroxylation sites is 1. The summed E-state index contributed by atoms with van der Waals surface area (Å²) in [7, 11) is 0. The van der Waals surface area contributed by atoms with Crippen LogP contribution in [0.25, 0.3) is 20.7 Å². The van der Waals surface area contributed by atoms with Gasteiger partial charge in [0.1, 0.15) is 11.3 Å². The number of carbonyl (C=O) groups excluding carboxylic acids is 1. The number of nitrogens with zero attached hydrogens (tertiary/aromatic N) is 3. The summed E-state index contributed by atoms with van der Waals surface area (Å²) in [6.07, 6.45) is 2.24. The van der Waals surface area contributed by atoms with Crippen LogP contribution in [0.15, 0.2) is 95.4 Å². The minimum absolute atomic E-state index is 0. The van der Waals surface area contributed by atoms with Crippen LogP contribution in [0.2, 0.25) is 0 Å². The van der Waals surface area contributed by atoms with Crippen LogP contribution in [-0.4, -0.2) is 21.7 Å². The van der Waals surface area contributed by atoms with E-state index in [2.05, 4.69) is 34.4 Å². The van der Waals surface area contributed by atoms with E-state index in [1.165, 1.54) is 15.1 Å². The van der Waals surface area contributed by atoms with E-state index in [4.69, 9.17) is 0 Å². The van der Waals surface area contributed by atoms with Gasteiger partial charge in [0.15, 0.2) is 0 Å². The third-order valence-corrected chi connectivity index (χ3v) is 5.98. The number of thiophene rings is 1. The maximum atomic E-state index is 12.1. The van der Waals surface area contributed by atoms with Gasteiger partial charge in [-0.25, -0.2) is 11.3 Å². The number of aliphatic hydroxyl groups is 1. The molecule has 1 radical (unpaired) electrons. The van der Waals surface area contributed by atoms with Gasteiger partial charge in [0, 0.05) is 38.4 Å². The molecule has 0 saturated heterocycles. The molecule has 5 rings (SSSR count). The first-order valence-electron chi connectivity index (χ1n) is 10.3. The molecule has 33 heavy (non-hydrogen) atoms. The van der Waals surface area contributed by atoms with Gasteiger partial charge in [-0.3, -0.25) is 4.79 Å². The topological polar surface area (TPSA) is 65.8 Å². The van der Waals surface area contributed by atoms with E-state index < -0.39 is 0 Å². The Morgan fingerprint density at radius 2 is 1.73 bits per heavy atom. The summed E-state index contributed by atoms with van der Waals surface area (Å²) in [6, 6.07) is 26.8. The molecular weight excluding hydrogens is 611 g/mol. The SMILES string of the molecule is CC/C(O)=C1/C(=O)N(c2ccccc2)N=C1C.[Ir].[c-]1c(-c2ccccn2)sc2ccccc12. The summed E-state index contributed by atoms with van der Waals surface area (Å²) in [5.41, 5.74) is 2.57. The van der Waals surface area contributed by atoms with Gasteiger partial charge in [-0.05, 0) is 34.7 Å². The second kappa shape index (κ2) is 11.1. The summed E-state index contributed by atoms with van der Waals surface area (Å²) in [5, 5.41) is 16.4. The van der Waals surface area contributed by atoms with Crippen molar-refractivity contribution < 1.29 is 30.0 Å². The minimum Gasteiger partial charge on any atom is -0.511 e. The number of anilines is 1. The molecule has 3 heterocycles. The number of amides is 1. The number of hydrogen-bond donors (Lipinski definition) is 1. The number of benzene rings is 2. The number of fused-ring (bicyclic) bond motifs is 1. The molecule has 1 aliphatic rings. The van der Waals surface area contributed by atoms with E-state index in [1.54, 1.807) is 37.3 Å².